The molecule has 3 aromatic rings. The van der Waals surface area contributed by atoms with Crippen LogP contribution < -0.4 is 15.7 Å². The number of benzene rings is 1. The summed E-state index contributed by atoms with van der Waals surface area (Å²) in [5, 5.41) is 12.0. The van der Waals surface area contributed by atoms with Crippen LogP contribution in [0.3, 0.4) is 0 Å². The van der Waals surface area contributed by atoms with Crippen LogP contribution in [0.15, 0.2) is 36.7 Å². The lowest BCUT2D eigenvalue weighted by Gasteiger charge is -2.27. The molecule has 3 heterocycles. The van der Waals surface area contributed by atoms with Gasteiger partial charge in [0, 0.05) is 31.8 Å². The Balaban J connectivity index is 1.61. The van der Waals surface area contributed by atoms with E-state index in [-0.39, 0.29) is 6.04 Å². The summed E-state index contributed by atoms with van der Waals surface area (Å²) in [4.78, 5) is 27.5. The molecule has 168 valence electrons. The fraction of sp³-hybridized carbons (Fsp3) is 0.364. The number of hydroxylamine groups is 1. The zero-order valence-corrected chi connectivity index (χ0v) is 18.2. The van der Waals surface area contributed by atoms with Crippen LogP contribution >= 0.6 is 0 Å². The third kappa shape index (κ3) is 4.87. The molecule has 0 radical (unpaired) electrons. The molecule has 32 heavy (non-hydrogen) atoms. The van der Waals surface area contributed by atoms with Crippen LogP contribution in [0.2, 0.25) is 0 Å². The smallest absolute Gasteiger partial charge is 0.267 e. The van der Waals surface area contributed by atoms with E-state index in [1.165, 1.54) is 6.08 Å². The van der Waals surface area contributed by atoms with Crippen LogP contribution in [-0.2, 0) is 16.1 Å². The zero-order valence-electron chi connectivity index (χ0n) is 18.2. The Morgan fingerprint density at radius 1 is 1.28 bits per heavy atom. The molecule has 4 rings (SSSR count). The number of nitrogens with one attached hydrogen (secondary N) is 2. The molecule has 10 heteroatoms. The third-order valence-electron chi connectivity index (χ3n) is 5.21. The monoisotopic (exact) mass is 437 g/mol. The third-order valence-corrected chi connectivity index (χ3v) is 5.21. The predicted molar refractivity (Wildman–Crippen MR) is 121 cm³/mol. The Kier molecular flexibility index (Phi) is 6.62. The summed E-state index contributed by atoms with van der Waals surface area (Å²) in [5.41, 5.74) is 4.97. The van der Waals surface area contributed by atoms with E-state index in [0.717, 1.165) is 35.4 Å². The number of hydrogen-bond donors (Lipinski definition) is 3. The number of fused-ring (bicyclic) bond motifs is 1. The van der Waals surface area contributed by atoms with E-state index < -0.39 is 5.91 Å². The molecule has 0 aliphatic carbocycles. The SMILES string of the molecule is CC(C)n1cnc2c(NCc3cccc(/C=C/C(=O)NO)c3)nc(N3CCOCC3)nc21. The second-order valence-corrected chi connectivity index (χ2v) is 7.80. The Bertz CT molecular complexity index is 1120. The van der Waals surface area contributed by atoms with Gasteiger partial charge in [-0.15, -0.1) is 0 Å². The summed E-state index contributed by atoms with van der Waals surface area (Å²) in [5.74, 6) is 0.766. The highest BCUT2D eigenvalue weighted by molar-refractivity contribution is 5.90. The number of hydrogen-bond acceptors (Lipinski definition) is 8. The van der Waals surface area contributed by atoms with Gasteiger partial charge in [-0.1, -0.05) is 18.2 Å². The van der Waals surface area contributed by atoms with Crippen molar-refractivity contribution >= 4 is 34.9 Å². The number of rotatable bonds is 7. The number of carbonyl (C=O) groups excluding carboxylic acids is 1. The molecule has 1 saturated heterocycles. The van der Waals surface area contributed by atoms with Gasteiger partial charge in [0.1, 0.15) is 0 Å². The fourth-order valence-corrected chi connectivity index (χ4v) is 3.51. The summed E-state index contributed by atoms with van der Waals surface area (Å²) < 4.78 is 7.51. The van der Waals surface area contributed by atoms with Gasteiger partial charge in [-0.3, -0.25) is 10.0 Å². The average molecular weight is 438 g/mol. The molecule has 0 saturated carbocycles. The number of imidazole rings is 1. The molecular weight excluding hydrogens is 410 g/mol. The van der Waals surface area contributed by atoms with E-state index in [4.69, 9.17) is 19.9 Å². The molecular formula is C22H27N7O3. The van der Waals surface area contributed by atoms with E-state index in [2.05, 4.69) is 29.0 Å². The molecule has 0 unspecified atom stereocenters. The van der Waals surface area contributed by atoms with Crippen LogP contribution in [0, 0.1) is 0 Å². The van der Waals surface area contributed by atoms with Crippen molar-refractivity contribution in [3.05, 3.63) is 47.8 Å². The lowest BCUT2D eigenvalue weighted by molar-refractivity contribution is -0.124. The second kappa shape index (κ2) is 9.75. The summed E-state index contributed by atoms with van der Waals surface area (Å²) >= 11 is 0. The minimum absolute atomic E-state index is 0.222. The molecule has 2 aromatic heterocycles. The van der Waals surface area contributed by atoms with Crippen LogP contribution in [-0.4, -0.2) is 56.9 Å². The van der Waals surface area contributed by atoms with E-state index >= 15 is 0 Å². The van der Waals surface area contributed by atoms with Gasteiger partial charge in [0.15, 0.2) is 17.0 Å². The van der Waals surface area contributed by atoms with Gasteiger partial charge in [-0.25, -0.2) is 10.5 Å². The molecule has 0 bridgehead atoms. The van der Waals surface area contributed by atoms with Crippen molar-refractivity contribution in [3.63, 3.8) is 0 Å². The summed E-state index contributed by atoms with van der Waals surface area (Å²) in [6.07, 6.45) is 4.71. The van der Waals surface area contributed by atoms with Gasteiger partial charge in [-0.2, -0.15) is 9.97 Å². The van der Waals surface area contributed by atoms with Crippen LogP contribution in [0.1, 0.15) is 31.0 Å². The van der Waals surface area contributed by atoms with Gasteiger partial charge in [0.05, 0.1) is 19.5 Å². The van der Waals surface area contributed by atoms with Gasteiger partial charge in [0.2, 0.25) is 5.95 Å². The number of carbonyl (C=O) groups is 1. The highest BCUT2D eigenvalue weighted by atomic mass is 16.5. The maximum absolute atomic E-state index is 11.2. The largest absolute Gasteiger partial charge is 0.378 e. The van der Waals surface area contributed by atoms with Gasteiger partial charge in [0.25, 0.3) is 5.91 Å². The van der Waals surface area contributed by atoms with Crippen molar-refractivity contribution in [1.82, 2.24) is 25.0 Å². The highest BCUT2D eigenvalue weighted by Gasteiger charge is 2.20. The molecule has 0 spiro atoms. The number of aromatic nitrogens is 4. The number of anilines is 2. The first kappa shape index (κ1) is 21.7. The predicted octanol–water partition coefficient (Wildman–Crippen LogP) is 2.37. The first-order valence-electron chi connectivity index (χ1n) is 10.6. The van der Waals surface area contributed by atoms with Crippen molar-refractivity contribution in [2.75, 3.05) is 36.5 Å². The Hall–Kier alpha value is -3.50. The van der Waals surface area contributed by atoms with E-state index in [1.54, 1.807) is 17.9 Å². The maximum atomic E-state index is 11.2. The quantitative estimate of drug-likeness (QED) is 0.293. The molecule has 0 atom stereocenters. The van der Waals surface area contributed by atoms with E-state index in [0.29, 0.717) is 31.5 Å². The van der Waals surface area contributed by atoms with Crippen LogP contribution in [0.5, 0.6) is 0 Å². The minimum atomic E-state index is -0.576. The summed E-state index contributed by atoms with van der Waals surface area (Å²) in [6.45, 7) is 7.52. The fourth-order valence-electron chi connectivity index (χ4n) is 3.51. The first-order chi connectivity index (χ1) is 15.5. The van der Waals surface area contributed by atoms with Crippen molar-refractivity contribution in [2.45, 2.75) is 26.4 Å². The number of ether oxygens (including phenoxy) is 1. The Labute approximate surface area is 185 Å². The molecule has 10 nitrogen and oxygen atoms in total. The van der Waals surface area contributed by atoms with Gasteiger partial charge in [-0.05, 0) is 37.1 Å². The van der Waals surface area contributed by atoms with Crippen molar-refractivity contribution in [3.8, 4) is 0 Å². The zero-order chi connectivity index (χ0) is 22.5. The van der Waals surface area contributed by atoms with Crippen molar-refractivity contribution < 1.29 is 14.7 Å². The molecule has 1 fully saturated rings. The molecule has 1 aliphatic heterocycles. The van der Waals surface area contributed by atoms with Crippen molar-refractivity contribution in [2.24, 2.45) is 0 Å². The summed E-state index contributed by atoms with van der Waals surface area (Å²) in [7, 11) is 0. The van der Waals surface area contributed by atoms with Gasteiger partial charge < -0.3 is 19.5 Å². The topological polar surface area (TPSA) is 117 Å². The maximum Gasteiger partial charge on any atom is 0.267 e. The molecule has 3 N–H and O–H groups in total. The average Bonchev–Trinajstić information content (AvgIpc) is 3.26. The van der Waals surface area contributed by atoms with E-state index in [9.17, 15) is 4.79 Å². The molecule has 1 amide bonds. The highest BCUT2D eigenvalue weighted by Crippen LogP contribution is 2.25. The number of nitrogens with zero attached hydrogens (tertiary/aromatic N) is 5. The lowest BCUT2D eigenvalue weighted by Crippen LogP contribution is -2.37. The summed E-state index contributed by atoms with van der Waals surface area (Å²) in [6, 6.07) is 7.97. The lowest BCUT2D eigenvalue weighted by atomic mass is 10.1. The first-order valence-corrected chi connectivity index (χ1v) is 10.6. The van der Waals surface area contributed by atoms with E-state index in [1.807, 2.05) is 28.8 Å². The molecule has 1 aliphatic rings. The van der Waals surface area contributed by atoms with Gasteiger partial charge >= 0.3 is 0 Å². The van der Waals surface area contributed by atoms with Crippen LogP contribution in [0.4, 0.5) is 11.8 Å². The Morgan fingerprint density at radius 3 is 2.84 bits per heavy atom. The van der Waals surface area contributed by atoms with Crippen molar-refractivity contribution in [1.29, 1.82) is 0 Å². The second-order valence-electron chi connectivity index (χ2n) is 7.80. The number of amides is 1. The Morgan fingerprint density at radius 2 is 2.09 bits per heavy atom. The molecule has 1 aromatic carbocycles. The minimum Gasteiger partial charge on any atom is -0.378 e. The normalized spacial score (nSPS) is 14.4. The van der Waals surface area contributed by atoms with Crippen LogP contribution in [0.25, 0.3) is 17.2 Å². The standard InChI is InChI=1S/C22H27N7O3/c1-15(2)29-14-24-19-20(25-22(26-21(19)29)28-8-10-32-11-9-28)23-13-17-5-3-4-16(12-17)6-7-18(30)27-31/h3-7,12,14-15,31H,8-11,13H2,1-2H3,(H,27,30)(H,23,25,26)/b7-6+. The number of morpholine rings is 1.